The number of rotatable bonds is 5. The lowest BCUT2D eigenvalue weighted by molar-refractivity contribution is -0.118. The number of aromatic nitrogens is 3. The first-order chi connectivity index (χ1) is 9.69. The van der Waals surface area contributed by atoms with Crippen molar-refractivity contribution in [3.05, 3.63) is 36.4 Å². The van der Waals surface area contributed by atoms with E-state index in [4.69, 9.17) is 0 Å². The van der Waals surface area contributed by atoms with Gasteiger partial charge in [0, 0.05) is 30.8 Å². The van der Waals surface area contributed by atoms with Crippen LogP contribution in [0.2, 0.25) is 0 Å². The third kappa shape index (κ3) is 3.68. The van der Waals surface area contributed by atoms with Crippen LogP contribution in [0.5, 0.6) is 0 Å². The Morgan fingerprint density at radius 2 is 2.15 bits per heavy atom. The molecular weight excluding hydrogens is 256 g/mol. The lowest BCUT2D eigenvalue weighted by Crippen LogP contribution is -2.12. The predicted octanol–water partition coefficient (Wildman–Crippen LogP) is 1.76. The van der Waals surface area contributed by atoms with Crippen molar-refractivity contribution in [1.82, 2.24) is 15.0 Å². The van der Waals surface area contributed by atoms with Gasteiger partial charge in [-0.3, -0.25) is 9.78 Å². The Balaban J connectivity index is 2.06. The number of nitrogens with one attached hydrogen (secondary N) is 1. The molecule has 0 radical (unpaired) electrons. The number of nitrogens with zero attached hydrogens (tertiary/aromatic N) is 3. The third-order valence-corrected chi connectivity index (χ3v) is 2.57. The molecule has 20 heavy (non-hydrogen) atoms. The van der Waals surface area contributed by atoms with Gasteiger partial charge in [0.15, 0.2) is 0 Å². The molecule has 0 atom stereocenters. The molecule has 0 fully saturated rings. The van der Waals surface area contributed by atoms with Crippen LogP contribution in [-0.2, 0) is 9.59 Å². The summed E-state index contributed by atoms with van der Waals surface area (Å²) in [6.07, 6.45) is 6.05. The molecular formula is C14H14N4O2. The maximum absolute atomic E-state index is 11.4. The number of aldehydes is 1. The predicted molar refractivity (Wildman–Crippen MR) is 73.9 cm³/mol. The van der Waals surface area contributed by atoms with Gasteiger partial charge in [0.05, 0.1) is 17.6 Å². The number of aryl methyl sites for hydroxylation is 1. The summed E-state index contributed by atoms with van der Waals surface area (Å²) in [5, 5.41) is 2.62. The van der Waals surface area contributed by atoms with Crippen molar-refractivity contribution in [3.8, 4) is 11.3 Å². The van der Waals surface area contributed by atoms with E-state index in [0.717, 1.165) is 17.0 Å². The van der Waals surface area contributed by atoms with Crippen LogP contribution < -0.4 is 5.32 Å². The van der Waals surface area contributed by atoms with Crippen molar-refractivity contribution in [2.75, 3.05) is 5.32 Å². The minimum atomic E-state index is -0.229. The quantitative estimate of drug-likeness (QED) is 0.837. The zero-order chi connectivity index (χ0) is 14.4. The number of amides is 1. The van der Waals surface area contributed by atoms with Crippen molar-refractivity contribution >= 4 is 18.0 Å². The molecule has 0 saturated heterocycles. The van der Waals surface area contributed by atoms with Gasteiger partial charge in [-0.15, -0.1) is 0 Å². The second-order valence-electron chi connectivity index (χ2n) is 4.23. The summed E-state index contributed by atoms with van der Waals surface area (Å²) in [6, 6.07) is 3.50. The van der Waals surface area contributed by atoms with Gasteiger partial charge in [0.2, 0.25) is 5.91 Å². The minimum absolute atomic E-state index is 0.163. The van der Waals surface area contributed by atoms with Crippen molar-refractivity contribution in [2.45, 2.75) is 19.8 Å². The molecule has 0 aliphatic carbocycles. The number of hydrogen-bond acceptors (Lipinski definition) is 5. The SMILES string of the molecule is Cc1cncc(-c2ccc(NC(=O)CCC=O)nc2)n1. The first-order valence-corrected chi connectivity index (χ1v) is 6.17. The van der Waals surface area contributed by atoms with Gasteiger partial charge in [0.25, 0.3) is 0 Å². The number of carbonyl (C=O) groups excluding carboxylic acids is 2. The Bertz CT molecular complexity index is 611. The fraction of sp³-hybridized carbons (Fsp3) is 0.214. The van der Waals surface area contributed by atoms with Gasteiger partial charge in [-0.25, -0.2) is 9.97 Å². The van der Waals surface area contributed by atoms with Gasteiger partial charge in [-0.1, -0.05) is 0 Å². The smallest absolute Gasteiger partial charge is 0.225 e. The van der Waals surface area contributed by atoms with E-state index in [1.807, 2.05) is 13.0 Å². The Morgan fingerprint density at radius 3 is 2.80 bits per heavy atom. The van der Waals surface area contributed by atoms with Crippen molar-refractivity contribution in [2.24, 2.45) is 0 Å². The van der Waals surface area contributed by atoms with Crippen molar-refractivity contribution < 1.29 is 9.59 Å². The molecule has 0 spiro atoms. The molecule has 0 aromatic carbocycles. The Morgan fingerprint density at radius 1 is 1.30 bits per heavy atom. The largest absolute Gasteiger partial charge is 0.311 e. The first kappa shape index (κ1) is 13.8. The van der Waals surface area contributed by atoms with Crippen LogP contribution in [0.1, 0.15) is 18.5 Å². The summed E-state index contributed by atoms with van der Waals surface area (Å²) >= 11 is 0. The average molecular weight is 270 g/mol. The molecule has 1 N–H and O–H groups in total. The molecule has 1 amide bonds. The fourth-order valence-electron chi connectivity index (χ4n) is 1.62. The normalized spacial score (nSPS) is 10.1. The van der Waals surface area contributed by atoms with Gasteiger partial charge >= 0.3 is 0 Å². The number of carbonyl (C=O) groups is 2. The molecule has 2 aromatic heterocycles. The van der Waals surface area contributed by atoms with E-state index < -0.39 is 0 Å². The maximum Gasteiger partial charge on any atom is 0.225 e. The highest BCUT2D eigenvalue weighted by Gasteiger charge is 2.04. The van der Waals surface area contributed by atoms with Crippen LogP contribution in [0, 0.1) is 6.92 Å². The highest BCUT2D eigenvalue weighted by atomic mass is 16.1. The van der Waals surface area contributed by atoms with Gasteiger partial charge in [-0.2, -0.15) is 0 Å². The third-order valence-electron chi connectivity index (χ3n) is 2.57. The van der Waals surface area contributed by atoms with E-state index in [1.54, 1.807) is 24.7 Å². The lowest BCUT2D eigenvalue weighted by atomic mass is 10.2. The summed E-state index contributed by atoms with van der Waals surface area (Å²) in [4.78, 5) is 34.2. The van der Waals surface area contributed by atoms with Crippen LogP contribution in [0.15, 0.2) is 30.7 Å². The molecule has 2 aromatic rings. The van der Waals surface area contributed by atoms with Gasteiger partial charge in [0.1, 0.15) is 12.1 Å². The Labute approximate surface area is 116 Å². The number of anilines is 1. The second-order valence-corrected chi connectivity index (χ2v) is 4.23. The van der Waals surface area contributed by atoms with E-state index in [2.05, 4.69) is 20.3 Å². The molecule has 0 unspecified atom stereocenters. The molecule has 6 heteroatoms. The molecule has 0 bridgehead atoms. The average Bonchev–Trinajstić information content (AvgIpc) is 2.46. The molecule has 0 aliphatic rings. The lowest BCUT2D eigenvalue weighted by Gasteiger charge is -2.05. The summed E-state index contributed by atoms with van der Waals surface area (Å²) in [7, 11) is 0. The Hall–Kier alpha value is -2.63. The second kappa shape index (κ2) is 6.51. The van der Waals surface area contributed by atoms with E-state index in [-0.39, 0.29) is 18.7 Å². The molecule has 2 heterocycles. The molecule has 102 valence electrons. The molecule has 2 rings (SSSR count). The van der Waals surface area contributed by atoms with Crippen LogP contribution >= 0.6 is 0 Å². The maximum atomic E-state index is 11.4. The van der Waals surface area contributed by atoms with Crippen molar-refractivity contribution in [3.63, 3.8) is 0 Å². The summed E-state index contributed by atoms with van der Waals surface area (Å²) < 4.78 is 0. The highest BCUT2D eigenvalue weighted by Crippen LogP contribution is 2.16. The van der Waals surface area contributed by atoms with Crippen LogP contribution in [0.3, 0.4) is 0 Å². The minimum Gasteiger partial charge on any atom is -0.311 e. The number of hydrogen-bond donors (Lipinski definition) is 1. The van der Waals surface area contributed by atoms with Crippen LogP contribution in [-0.4, -0.2) is 27.1 Å². The van der Waals surface area contributed by atoms with E-state index in [1.165, 1.54) is 0 Å². The standard InChI is InChI=1S/C14H14N4O2/c1-10-7-15-9-12(17-10)11-4-5-13(16-8-11)18-14(20)3-2-6-19/h4-9H,2-3H2,1H3,(H,16,18,20). The topological polar surface area (TPSA) is 84.8 Å². The van der Waals surface area contributed by atoms with Crippen molar-refractivity contribution in [1.29, 1.82) is 0 Å². The first-order valence-electron chi connectivity index (χ1n) is 6.17. The van der Waals surface area contributed by atoms with Crippen LogP contribution in [0.25, 0.3) is 11.3 Å². The van der Waals surface area contributed by atoms with Gasteiger partial charge in [-0.05, 0) is 19.1 Å². The number of pyridine rings is 1. The monoisotopic (exact) mass is 270 g/mol. The van der Waals surface area contributed by atoms with E-state index >= 15 is 0 Å². The molecule has 0 saturated carbocycles. The Kier molecular flexibility index (Phi) is 4.49. The summed E-state index contributed by atoms with van der Waals surface area (Å²) in [5.74, 6) is 0.220. The van der Waals surface area contributed by atoms with Gasteiger partial charge < -0.3 is 10.1 Å². The molecule has 6 nitrogen and oxygen atoms in total. The zero-order valence-corrected chi connectivity index (χ0v) is 11.0. The van der Waals surface area contributed by atoms with E-state index in [9.17, 15) is 9.59 Å². The fourth-order valence-corrected chi connectivity index (χ4v) is 1.62. The summed E-state index contributed by atoms with van der Waals surface area (Å²) in [6.45, 7) is 1.87. The summed E-state index contributed by atoms with van der Waals surface area (Å²) in [5.41, 5.74) is 2.39. The zero-order valence-electron chi connectivity index (χ0n) is 11.0. The van der Waals surface area contributed by atoms with E-state index in [0.29, 0.717) is 12.1 Å². The molecule has 0 aliphatic heterocycles. The highest BCUT2D eigenvalue weighted by molar-refractivity contribution is 5.90. The van der Waals surface area contributed by atoms with Crippen LogP contribution in [0.4, 0.5) is 5.82 Å².